The van der Waals surface area contributed by atoms with Crippen molar-refractivity contribution in [1.29, 1.82) is 0 Å². The Morgan fingerprint density at radius 3 is 2.69 bits per heavy atom. The van der Waals surface area contributed by atoms with E-state index >= 15 is 0 Å². The van der Waals surface area contributed by atoms with Gasteiger partial charge in [-0.15, -0.1) is 5.10 Å². The molecule has 1 aliphatic rings. The van der Waals surface area contributed by atoms with Crippen molar-refractivity contribution in [3.63, 3.8) is 0 Å². The molecule has 0 aliphatic carbocycles. The fourth-order valence-corrected chi connectivity index (χ4v) is 5.11. The van der Waals surface area contributed by atoms with Gasteiger partial charge in [0.2, 0.25) is 0 Å². The number of ether oxygens (including phenoxy) is 3. The number of carbonyl (C=O) groups is 1. The number of H-pyrrole nitrogens is 1. The number of carbonyl (C=O) groups excluding carboxylic acids is 1. The van der Waals surface area contributed by atoms with Crippen molar-refractivity contribution in [3.8, 4) is 33.8 Å². The second-order valence-electron chi connectivity index (χ2n) is 9.65. The third-order valence-electron chi connectivity index (χ3n) is 7.12. The predicted molar refractivity (Wildman–Crippen MR) is 153 cm³/mol. The molecule has 5 aromatic rings. The number of rotatable bonds is 9. The number of hydrogen-bond donors (Lipinski definition) is 2. The summed E-state index contributed by atoms with van der Waals surface area (Å²) in [6, 6.07) is 16.3. The molecule has 0 bridgehead atoms. The maximum absolute atomic E-state index is 13.5. The second-order valence-corrected chi connectivity index (χ2v) is 9.65. The molecule has 1 atom stereocenters. The molecule has 0 saturated heterocycles. The highest BCUT2D eigenvalue weighted by atomic mass is 16.6. The molecule has 3 aromatic heterocycles. The van der Waals surface area contributed by atoms with Crippen LogP contribution in [-0.4, -0.2) is 68.3 Å². The minimum Gasteiger partial charge on any atom is -0.497 e. The van der Waals surface area contributed by atoms with Crippen molar-refractivity contribution in [1.82, 2.24) is 34.7 Å². The smallest absolute Gasteiger partial charge is 0.411 e. The van der Waals surface area contributed by atoms with Crippen LogP contribution >= 0.6 is 0 Å². The molecule has 42 heavy (non-hydrogen) atoms. The largest absolute Gasteiger partial charge is 0.497 e. The van der Waals surface area contributed by atoms with Gasteiger partial charge in [0.05, 0.1) is 37.3 Å². The van der Waals surface area contributed by atoms with Crippen molar-refractivity contribution < 1.29 is 19.0 Å². The summed E-state index contributed by atoms with van der Waals surface area (Å²) in [5, 5.41) is 14.2. The number of aromatic amines is 1. The van der Waals surface area contributed by atoms with Crippen molar-refractivity contribution in [2.75, 3.05) is 32.8 Å². The molecule has 2 aromatic carbocycles. The molecule has 4 heterocycles. The number of tetrazole rings is 1. The summed E-state index contributed by atoms with van der Waals surface area (Å²) in [5.41, 5.74) is 5.37. The highest BCUT2D eigenvalue weighted by Crippen LogP contribution is 2.35. The van der Waals surface area contributed by atoms with E-state index in [4.69, 9.17) is 14.2 Å². The lowest BCUT2D eigenvalue weighted by atomic mass is 10.0. The molecule has 1 amide bonds. The summed E-state index contributed by atoms with van der Waals surface area (Å²) in [5.74, 6) is 1.37. The summed E-state index contributed by atoms with van der Waals surface area (Å²) in [6.45, 7) is 0.507. The Kier molecular flexibility index (Phi) is 7.47. The van der Waals surface area contributed by atoms with Crippen LogP contribution in [0.15, 0.2) is 71.9 Å². The fraction of sp³-hybridized carbons (Fsp3) is 0.241. The van der Waals surface area contributed by atoms with E-state index in [9.17, 15) is 9.59 Å². The third-order valence-corrected chi connectivity index (χ3v) is 7.12. The van der Waals surface area contributed by atoms with Crippen molar-refractivity contribution in [3.05, 3.63) is 89.0 Å². The molecule has 13 nitrogen and oxygen atoms in total. The molecular formula is C29H28N8O5. The first-order chi connectivity index (χ1) is 20.5. The van der Waals surface area contributed by atoms with Crippen LogP contribution in [0.4, 0.5) is 10.5 Å². The number of nitrogens with zero attached hydrogens (tertiary/aromatic N) is 6. The van der Waals surface area contributed by atoms with Crippen molar-refractivity contribution in [2.24, 2.45) is 0 Å². The van der Waals surface area contributed by atoms with Crippen LogP contribution in [0.3, 0.4) is 0 Å². The van der Waals surface area contributed by atoms with Gasteiger partial charge in [-0.05, 0) is 70.8 Å². The second kappa shape index (κ2) is 11.7. The number of pyridine rings is 1. The number of methoxy groups -OCH3 is 2. The number of anilines is 1. The molecule has 0 spiro atoms. The minimum atomic E-state index is -0.546. The molecule has 0 unspecified atom stereocenters. The highest BCUT2D eigenvalue weighted by molar-refractivity contribution is 5.85. The van der Waals surface area contributed by atoms with Crippen LogP contribution in [0.25, 0.3) is 28.1 Å². The molecule has 13 heteroatoms. The van der Waals surface area contributed by atoms with Gasteiger partial charge in [0.25, 0.3) is 5.56 Å². The Bertz CT molecular complexity index is 1760. The maximum atomic E-state index is 13.5. The number of aryl methyl sites for hydroxylation is 1. The predicted octanol–water partition coefficient (Wildman–Crippen LogP) is 3.62. The van der Waals surface area contributed by atoms with Crippen LogP contribution in [0.1, 0.15) is 24.0 Å². The Labute approximate surface area is 240 Å². The number of imidazole rings is 1. The molecule has 1 aliphatic heterocycles. The first-order valence-corrected chi connectivity index (χ1v) is 13.3. The first-order valence-electron chi connectivity index (χ1n) is 13.3. The van der Waals surface area contributed by atoms with E-state index in [0.29, 0.717) is 23.9 Å². The SMILES string of the molecule is COCCOC(=O)Nc1ccc(-c2cnc([C@@H]3CCc4cc(-c5cc(OC)ccc5-n5cnnn5)cc(=O)n43)[nH]2)cc1. The molecule has 6 rings (SSSR count). The Morgan fingerprint density at radius 1 is 1.07 bits per heavy atom. The molecule has 214 valence electrons. The summed E-state index contributed by atoms with van der Waals surface area (Å²) < 4.78 is 18.7. The van der Waals surface area contributed by atoms with Crippen LogP contribution in [0.5, 0.6) is 5.75 Å². The van der Waals surface area contributed by atoms with Crippen molar-refractivity contribution >= 4 is 11.8 Å². The zero-order valence-electron chi connectivity index (χ0n) is 23.0. The number of fused-ring (bicyclic) bond motifs is 1. The van der Waals surface area contributed by atoms with Gasteiger partial charge in [-0.25, -0.2) is 9.78 Å². The number of benzene rings is 2. The average molecular weight is 569 g/mol. The van der Waals surface area contributed by atoms with E-state index in [-0.39, 0.29) is 18.2 Å². The number of amides is 1. The Morgan fingerprint density at radius 2 is 1.93 bits per heavy atom. The zero-order valence-corrected chi connectivity index (χ0v) is 23.0. The van der Waals surface area contributed by atoms with Gasteiger partial charge in [0.15, 0.2) is 0 Å². The van der Waals surface area contributed by atoms with E-state index in [1.807, 2.05) is 36.4 Å². The van der Waals surface area contributed by atoms with Crippen LogP contribution in [0.2, 0.25) is 0 Å². The fourth-order valence-electron chi connectivity index (χ4n) is 5.11. The van der Waals surface area contributed by atoms with E-state index < -0.39 is 6.09 Å². The van der Waals surface area contributed by atoms with Crippen molar-refractivity contribution in [2.45, 2.75) is 18.9 Å². The Balaban J connectivity index is 1.23. The van der Waals surface area contributed by atoms with E-state index in [1.54, 1.807) is 47.9 Å². The quantitative estimate of drug-likeness (QED) is 0.254. The third kappa shape index (κ3) is 5.37. The van der Waals surface area contributed by atoms with Gasteiger partial charge in [-0.1, -0.05) is 12.1 Å². The van der Waals surface area contributed by atoms with Gasteiger partial charge in [-0.2, -0.15) is 4.68 Å². The van der Waals surface area contributed by atoms with Gasteiger partial charge in [-0.3, -0.25) is 10.1 Å². The number of aromatic nitrogens is 7. The summed E-state index contributed by atoms with van der Waals surface area (Å²) in [4.78, 5) is 33.4. The molecule has 0 radical (unpaired) electrons. The van der Waals surface area contributed by atoms with Gasteiger partial charge in [0.1, 0.15) is 24.5 Å². The van der Waals surface area contributed by atoms with Gasteiger partial charge in [0, 0.05) is 30.1 Å². The van der Waals surface area contributed by atoms with E-state index in [2.05, 4.69) is 30.8 Å². The molecular weight excluding hydrogens is 540 g/mol. The Hall–Kier alpha value is -5.30. The average Bonchev–Trinajstić information content (AvgIpc) is 3.79. The highest BCUT2D eigenvalue weighted by Gasteiger charge is 2.28. The zero-order chi connectivity index (χ0) is 29.1. The van der Waals surface area contributed by atoms with E-state index in [0.717, 1.165) is 46.6 Å². The van der Waals surface area contributed by atoms with Gasteiger partial charge >= 0.3 is 6.09 Å². The lowest BCUT2D eigenvalue weighted by molar-refractivity contribution is 0.107. The lowest BCUT2D eigenvalue weighted by Crippen LogP contribution is -2.23. The van der Waals surface area contributed by atoms with Crippen LogP contribution in [-0.2, 0) is 15.9 Å². The molecule has 2 N–H and O–H groups in total. The standard InChI is InChI=1S/C29H28N8O5/c1-40-11-12-42-29(39)32-20-5-3-18(4-6-20)24-16-30-28(33-24)26-9-7-21-13-19(14-27(38)37(21)26)23-15-22(41-2)8-10-25(23)36-17-31-34-35-36/h3-6,8,10,13-17,26H,7,9,11-12H2,1-2H3,(H,30,33)(H,32,39)/t26-/m0/s1. The normalized spacial score (nSPS) is 14.0. The number of hydrogen-bond acceptors (Lipinski definition) is 9. The summed E-state index contributed by atoms with van der Waals surface area (Å²) in [7, 11) is 3.14. The minimum absolute atomic E-state index is 0.124. The van der Waals surface area contributed by atoms with E-state index in [1.165, 1.54) is 6.33 Å². The molecule has 0 fully saturated rings. The monoisotopic (exact) mass is 568 g/mol. The topological polar surface area (TPSA) is 151 Å². The number of nitrogens with one attached hydrogen (secondary N) is 2. The lowest BCUT2D eigenvalue weighted by Gasteiger charge is -2.15. The maximum Gasteiger partial charge on any atom is 0.411 e. The van der Waals surface area contributed by atoms with Crippen LogP contribution < -0.4 is 15.6 Å². The summed E-state index contributed by atoms with van der Waals surface area (Å²) in [6.07, 6.45) is 4.17. The van der Waals surface area contributed by atoms with Crippen LogP contribution in [0, 0.1) is 0 Å². The first kappa shape index (κ1) is 26.9. The molecule has 0 saturated carbocycles. The van der Waals surface area contributed by atoms with Gasteiger partial charge < -0.3 is 23.8 Å². The summed E-state index contributed by atoms with van der Waals surface area (Å²) >= 11 is 0.